The number of Topliss-reactive ketones (excluding diaryl/α,β-unsaturated/α-hetero) is 1. The third kappa shape index (κ3) is 3.28. The van der Waals surface area contributed by atoms with Gasteiger partial charge in [0.15, 0.2) is 5.78 Å². The molecule has 2 aromatic carbocycles. The minimum Gasteiger partial charge on any atom is -0.345 e. The number of nitrogens with zero attached hydrogens (tertiary/aromatic N) is 2. The van der Waals surface area contributed by atoms with E-state index in [-0.39, 0.29) is 36.9 Å². The van der Waals surface area contributed by atoms with E-state index in [1.165, 1.54) is 4.90 Å². The van der Waals surface area contributed by atoms with E-state index in [4.69, 9.17) is 0 Å². The van der Waals surface area contributed by atoms with E-state index in [1.807, 2.05) is 30.3 Å². The summed E-state index contributed by atoms with van der Waals surface area (Å²) in [5, 5.41) is 0. The van der Waals surface area contributed by atoms with Crippen LogP contribution in [0.2, 0.25) is 0 Å². The van der Waals surface area contributed by atoms with E-state index in [1.54, 1.807) is 18.5 Å². The minimum absolute atomic E-state index is 0.0848. The number of imidazole rings is 1. The molecular weight excluding hydrogens is 388 g/mol. The Morgan fingerprint density at radius 2 is 1.70 bits per heavy atom. The second-order valence-electron chi connectivity index (χ2n) is 8.21. The Bertz CT molecular complexity index is 1110. The molecule has 2 aliphatic rings. The second-order valence-corrected chi connectivity index (χ2v) is 8.21. The number of benzene rings is 2. The number of anilines is 1. The van der Waals surface area contributed by atoms with Crippen molar-refractivity contribution in [2.24, 2.45) is 0 Å². The van der Waals surface area contributed by atoms with Crippen LogP contribution in [0.15, 0.2) is 48.8 Å². The van der Waals surface area contributed by atoms with Gasteiger partial charge in [0.1, 0.15) is 6.04 Å². The highest BCUT2D eigenvalue weighted by Crippen LogP contribution is 2.42. The molecule has 0 spiro atoms. The van der Waals surface area contributed by atoms with Gasteiger partial charge >= 0.3 is 0 Å². The highest BCUT2D eigenvalue weighted by molar-refractivity contribution is 6.17. The van der Waals surface area contributed by atoms with E-state index < -0.39 is 12.0 Å². The van der Waals surface area contributed by atoms with Gasteiger partial charge in [0.05, 0.1) is 23.8 Å². The minimum atomic E-state index is -2.55. The van der Waals surface area contributed by atoms with Crippen molar-refractivity contribution in [2.75, 3.05) is 4.90 Å². The summed E-state index contributed by atoms with van der Waals surface area (Å²) in [5.74, 6) is -2.83. The fourth-order valence-corrected chi connectivity index (χ4v) is 4.64. The predicted octanol–water partition coefficient (Wildman–Crippen LogP) is 4.90. The number of fused-ring (bicyclic) bond motifs is 1. The number of halogens is 2. The number of hydrogen-bond donors (Lipinski definition) is 1. The van der Waals surface area contributed by atoms with E-state index in [0.29, 0.717) is 18.5 Å². The van der Waals surface area contributed by atoms with Crippen molar-refractivity contribution in [1.29, 1.82) is 0 Å². The van der Waals surface area contributed by atoms with Crippen molar-refractivity contribution in [3.63, 3.8) is 0 Å². The third-order valence-electron chi connectivity index (χ3n) is 6.28. The van der Waals surface area contributed by atoms with Crippen LogP contribution >= 0.6 is 0 Å². The van der Waals surface area contributed by atoms with Gasteiger partial charge in [-0.1, -0.05) is 24.3 Å². The Morgan fingerprint density at radius 1 is 1.00 bits per heavy atom. The molecule has 1 saturated heterocycles. The molecule has 1 N–H and O–H groups in total. The first kappa shape index (κ1) is 18.9. The molecule has 0 bridgehead atoms. The van der Waals surface area contributed by atoms with E-state index in [0.717, 1.165) is 22.2 Å². The van der Waals surface area contributed by atoms with E-state index in [9.17, 15) is 18.4 Å². The number of amides is 1. The standard InChI is InChI=1S/C23H21F2N3O2/c24-23(25)9-7-15(8-10-23)14-1-3-16(4-2-14)22-20(29)12-21(30)28(22)17-5-6-18-19(11-17)27-13-26-18/h1-6,11,13,15,22H,7-10,12H2,(H,26,27). The fourth-order valence-electron chi connectivity index (χ4n) is 4.64. The van der Waals surface area contributed by atoms with Crippen molar-refractivity contribution >= 4 is 28.4 Å². The van der Waals surface area contributed by atoms with Crippen LogP contribution in [0, 0.1) is 0 Å². The van der Waals surface area contributed by atoms with Crippen LogP contribution < -0.4 is 4.90 Å². The first-order valence-corrected chi connectivity index (χ1v) is 10.2. The van der Waals surface area contributed by atoms with Crippen molar-refractivity contribution < 1.29 is 18.4 Å². The van der Waals surface area contributed by atoms with Gasteiger partial charge in [0.2, 0.25) is 11.8 Å². The maximum Gasteiger partial charge on any atom is 0.248 e. The molecule has 1 aliphatic carbocycles. The van der Waals surface area contributed by atoms with Gasteiger partial charge in [-0.25, -0.2) is 13.8 Å². The van der Waals surface area contributed by atoms with Crippen LogP contribution in [0.25, 0.3) is 11.0 Å². The van der Waals surface area contributed by atoms with Crippen LogP contribution in [-0.4, -0.2) is 27.6 Å². The van der Waals surface area contributed by atoms with Crippen LogP contribution in [0.5, 0.6) is 0 Å². The summed E-state index contributed by atoms with van der Waals surface area (Å²) in [6.07, 6.45) is 2.20. The Kier molecular flexibility index (Phi) is 4.41. The Hall–Kier alpha value is -3.09. The molecule has 1 amide bonds. The molecule has 5 rings (SSSR count). The average Bonchev–Trinajstić information content (AvgIpc) is 3.31. The number of ketones is 1. The highest BCUT2D eigenvalue weighted by Gasteiger charge is 2.41. The zero-order valence-corrected chi connectivity index (χ0v) is 16.3. The number of alkyl halides is 2. The Balaban J connectivity index is 1.42. The summed E-state index contributed by atoms with van der Waals surface area (Å²) in [6.45, 7) is 0. The summed E-state index contributed by atoms with van der Waals surface area (Å²) in [5.41, 5.74) is 3.96. The Morgan fingerprint density at radius 3 is 2.43 bits per heavy atom. The maximum absolute atomic E-state index is 13.4. The summed E-state index contributed by atoms with van der Waals surface area (Å²) >= 11 is 0. The van der Waals surface area contributed by atoms with E-state index in [2.05, 4.69) is 9.97 Å². The molecule has 1 aromatic heterocycles. The van der Waals surface area contributed by atoms with Crippen molar-refractivity contribution in [2.45, 2.75) is 50.0 Å². The van der Waals surface area contributed by atoms with Crippen LogP contribution in [0.4, 0.5) is 14.5 Å². The van der Waals surface area contributed by atoms with Gasteiger partial charge in [-0.05, 0) is 48.1 Å². The van der Waals surface area contributed by atoms with Crippen molar-refractivity contribution in [3.8, 4) is 0 Å². The highest BCUT2D eigenvalue weighted by atomic mass is 19.3. The molecular formula is C23H21F2N3O2. The first-order chi connectivity index (χ1) is 14.4. The lowest BCUT2D eigenvalue weighted by Gasteiger charge is -2.29. The van der Waals surface area contributed by atoms with Gasteiger partial charge in [0, 0.05) is 18.5 Å². The summed E-state index contributed by atoms with van der Waals surface area (Å²) in [7, 11) is 0. The zero-order valence-electron chi connectivity index (χ0n) is 16.3. The predicted molar refractivity (Wildman–Crippen MR) is 109 cm³/mol. The molecule has 2 heterocycles. The average molecular weight is 409 g/mol. The summed E-state index contributed by atoms with van der Waals surface area (Å²) in [6, 6.07) is 12.3. The van der Waals surface area contributed by atoms with Gasteiger partial charge in [-0.3, -0.25) is 14.5 Å². The number of hydrogen-bond acceptors (Lipinski definition) is 3. The smallest absolute Gasteiger partial charge is 0.248 e. The molecule has 3 aromatic rings. The van der Waals surface area contributed by atoms with Crippen molar-refractivity contribution in [1.82, 2.24) is 9.97 Å². The molecule has 1 unspecified atom stereocenters. The van der Waals surface area contributed by atoms with Gasteiger partial charge in [0.25, 0.3) is 0 Å². The van der Waals surface area contributed by atoms with Crippen molar-refractivity contribution in [3.05, 3.63) is 59.9 Å². The summed E-state index contributed by atoms with van der Waals surface area (Å²) in [4.78, 5) is 34.1. The number of aromatic nitrogens is 2. The number of carbonyl (C=O) groups excluding carboxylic acids is 2. The van der Waals surface area contributed by atoms with Gasteiger partial charge in [-0.2, -0.15) is 0 Å². The molecule has 1 saturated carbocycles. The zero-order chi connectivity index (χ0) is 20.9. The molecule has 0 radical (unpaired) electrons. The number of nitrogens with one attached hydrogen (secondary N) is 1. The quantitative estimate of drug-likeness (QED) is 0.626. The van der Waals surface area contributed by atoms with Crippen LogP contribution in [0.3, 0.4) is 0 Å². The third-order valence-corrected chi connectivity index (χ3v) is 6.28. The molecule has 1 aliphatic heterocycles. The number of rotatable bonds is 3. The molecule has 7 heteroatoms. The molecule has 5 nitrogen and oxygen atoms in total. The molecule has 30 heavy (non-hydrogen) atoms. The maximum atomic E-state index is 13.4. The van der Waals surface area contributed by atoms with Gasteiger partial charge < -0.3 is 4.98 Å². The van der Waals surface area contributed by atoms with Crippen LogP contribution in [-0.2, 0) is 9.59 Å². The molecule has 2 fully saturated rings. The lowest BCUT2D eigenvalue weighted by Crippen LogP contribution is -2.28. The lowest BCUT2D eigenvalue weighted by atomic mass is 9.82. The molecule has 154 valence electrons. The summed E-state index contributed by atoms with van der Waals surface area (Å²) < 4.78 is 26.9. The Labute approximate surface area is 172 Å². The number of carbonyl (C=O) groups is 2. The lowest BCUT2D eigenvalue weighted by molar-refractivity contribution is -0.121. The molecule has 1 atom stereocenters. The largest absolute Gasteiger partial charge is 0.345 e. The SMILES string of the molecule is O=C1CC(=O)N(c2ccc3[nH]cnc3c2)C1c1ccc(C2CCC(F)(F)CC2)cc1. The topological polar surface area (TPSA) is 66.1 Å². The van der Waals surface area contributed by atoms with Crippen LogP contribution in [0.1, 0.15) is 55.2 Å². The fraction of sp³-hybridized carbons (Fsp3) is 0.348. The normalized spacial score (nSPS) is 22.2. The van der Waals surface area contributed by atoms with Gasteiger partial charge in [-0.15, -0.1) is 0 Å². The second kappa shape index (κ2) is 7.00. The number of H-pyrrole nitrogens is 1. The first-order valence-electron chi connectivity index (χ1n) is 10.2. The monoisotopic (exact) mass is 409 g/mol. The number of aromatic amines is 1. The van der Waals surface area contributed by atoms with E-state index >= 15 is 0 Å².